The summed E-state index contributed by atoms with van der Waals surface area (Å²) in [6.45, 7) is 0. The molecule has 4 rings (SSSR count). The van der Waals surface area contributed by atoms with Gasteiger partial charge in [-0.1, -0.05) is 41.9 Å². The van der Waals surface area contributed by atoms with Crippen LogP contribution in [0.25, 0.3) is 0 Å². The first-order valence-corrected chi connectivity index (χ1v) is 10.1. The Morgan fingerprint density at radius 2 is 1.71 bits per heavy atom. The van der Waals surface area contributed by atoms with Crippen molar-refractivity contribution in [3.05, 3.63) is 101 Å². The molecule has 3 aromatic rings. The Balaban J connectivity index is 1.66. The van der Waals surface area contributed by atoms with E-state index in [1.807, 2.05) is 60.8 Å². The second-order valence-electron chi connectivity index (χ2n) is 7.10. The molecule has 2 amide bonds. The summed E-state index contributed by atoms with van der Waals surface area (Å²) in [7, 11) is 1.61. The van der Waals surface area contributed by atoms with Crippen molar-refractivity contribution in [1.29, 1.82) is 0 Å². The van der Waals surface area contributed by atoms with Crippen LogP contribution < -0.4 is 15.5 Å². The molecule has 0 aromatic heterocycles. The van der Waals surface area contributed by atoms with Gasteiger partial charge in [0.1, 0.15) is 5.75 Å². The van der Waals surface area contributed by atoms with Crippen molar-refractivity contribution >= 4 is 29.6 Å². The van der Waals surface area contributed by atoms with E-state index >= 15 is 0 Å². The fraction of sp³-hybridized carbons (Fsp3) is 0.125. The Morgan fingerprint density at radius 1 is 1.03 bits per heavy atom. The zero-order valence-corrected chi connectivity index (χ0v) is 17.5. The number of ether oxygens (including phenoxy) is 1. The molecule has 2 N–H and O–H groups in total. The van der Waals surface area contributed by atoms with E-state index < -0.39 is 12.1 Å². The van der Waals surface area contributed by atoms with E-state index in [0.29, 0.717) is 10.6 Å². The maximum atomic E-state index is 12.9. The van der Waals surface area contributed by atoms with E-state index in [-0.39, 0.29) is 11.8 Å². The number of halogens is 1. The minimum atomic E-state index is -0.778. The van der Waals surface area contributed by atoms with E-state index in [4.69, 9.17) is 16.3 Å². The highest BCUT2D eigenvalue weighted by molar-refractivity contribution is 6.30. The average Bonchev–Trinajstić information content (AvgIpc) is 3.09. The van der Waals surface area contributed by atoms with Crippen LogP contribution in [0.5, 0.6) is 5.75 Å². The SMILES string of the molecule is COc1ccc(/C=[N+]2\NC(=O)[C@H](NC(=O)c3ccc(Cl)cc3)[C@@H]2c2ccccc2)cc1. The minimum absolute atomic E-state index is 0.291. The quantitative estimate of drug-likeness (QED) is 0.605. The number of amides is 2. The molecule has 1 aliphatic rings. The lowest BCUT2D eigenvalue weighted by Crippen LogP contribution is -2.42. The van der Waals surface area contributed by atoms with Crippen LogP contribution in [-0.4, -0.2) is 35.9 Å². The van der Waals surface area contributed by atoms with Crippen LogP contribution in [-0.2, 0) is 4.79 Å². The zero-order chi connectivity index (χ0) is 21.8. The van der Waals surface area contributed by atoms with Crippen molar-refractivity contribution in [1.82, 2.24) is 10.7 Å². The van der Waals surface area contributed by atoms with Gasteiger partial charge in [0, 0.05) is 21.7 Å². The Hall–Kier alpha value is -3.64. The third-order valence-electron chi connectivity index (χ3n) is 5.08. The molecular formula is C24H21ClN3O3+. The van der Waals surface area contributed by atoms with E-state index in [1.54, 1.807) is 36.1 Å². The van der Waals surface area contributed by atoms with Crippen molar-refractivity contribution in [2.45, 2.75) is 12.1 Å². The third kappa shape index (κ3) is 4.59. The first-order chi connectivity index (χ1) is 15.0. The van der Waals surface area contributed by atoms with Crippen LogP contribution >= 0.6 is 11.6 Å². The van der Waals surface area contributed by atoms with E-state index in [0.717, 1.165) is 16.9 Å². The molecule has 0 bridgehead atoms. The van der Waals surface area contributed by atoms with Crippen molar-refractivity contribution < 1.29 is 19.0 Å². The lowest BCUT2D eigenvalue weighted by atomic mass is 10.00. The minimum Gasteiger partial charge on any atom is -0.497 e. The Bertz CT molecular complexity index is 1110. The molecule has 156 valence electrons. The van der Waals surface area contributed by atoms with Gasteiger partial charge < -0.3 is 10.1 Å². The van der Waals surface area contributed by atoms with Crippen molar-refractivity contribution in [3.8, 4) is 5.75 Å². The van der Waals surface area contributed by atoms with Gasteiger partial charge in [-0.2, -0.15) is 0 Å². The molecule has 2 atom stereocenters. The predicted octanol–water partition coefficient (Wildman–Crippen LogP) is 3.36. The molecule has 0 saturated carbocycles. The second kappa shape index (κ2) is 9.02. The third-order valence-corrected chi connectivity index (χ3v) is 5.33. The monoisotopic (exact) mass is 434 g/mol. The maximum Gasteiger partial charge on any atom is 0.304 e. The van der Waals surface area contributed by atoms with Crippen molar-refractivity contribution in [3.63, 3.8) is 0 Å². The van der Waals surface area contributed by atoms with Gasteiger partial charge in [-0.15, -0.1) is 10.1 Å². The van der Waals surface area contributed by atoms with Crippen LogP contribution in [0.15, 0.2) is 78.9 Å². The van der Waals surface area contributed by atoms with Crippen molar-refractivity contribution in [2.24, 2.45) is 0 Å². The molecule has 1 heterocycles. The van der Waals surface area contributed by atoms with Crippen molar-refractivity contribution in [2.75, 3.05) is 7.11 Å². The van der Waals surface area contributed by atoms with Crippen LogP contribution in [0.2, 0.25) is 5.02 Å². The summed E-state index contributed by atoms with van der Waals surface area (Å²) < 4.78 is 6.93. The van der Waals surface area contributed by atoms with Gasteiger partial charge in [0.2, 0.25) is 12.3 Å². The molecule has 3 aromatic carbocycles. The first kappa shape index (κ1) is 20.6. The normalized spacial score (nSPS) is 19.2. The van der Waals surface area contributed by atoms with Gasteiger partial charge in [-0.25, -0.2) is 0 Å². The van der Waals surface area contributed by atoms with Gasteiger partial charge in [-0.05, 0) is 48.5 Å². The van der Waals surface area contributed by atoms with Gasteiger partial charge >= 0.3 is 5.91 Å². The van der Waals surface area contributed by atoms with Crippen LogP contribution in [0, 0.1) is 0 Å². The topological polar surface area (TPSA) is 70.4 Å². The summed E-state index contributed by atoms with van der Waals surface area (Å²) in [5.41, 5.74) is 5.08. The summed E-state index contributed by atoms with van der Waals surface area (Å²) in [4.78, 5) is 25.6. The molecule has 0 unspecified atom stereocenters. The maximum absolute atomic E-state index is 12.9. The lowest BCUT2D eigenvalue weighted by molar-refractivity contribution is -0.596. The molecule has 31 heavy (non-hydrogen) atoms. The second-order valence-corrected chi connectivity index (χ2v) is 7.54. The fourth-order valence-corrected chi connectivity index (χ4v) is 3.63. The Morgan fingerprint density at radius 3 is 2.35 bits per heavy atom. The molecular weight excluding hydrogens is 414 g/mol. The number of carbonyl (C=O) groups is 2. The number of hydrazone groups is 1. The number of nitrogens with zero attached hydrogens (tertiary/aromatic N) is 1. The lowest BCUT2D eigenvalue weighted by Gasteiger charge is -2.14. The standard InChI is InChI=1S/C24H20ClN3O3/c1-31-20-13-7-16(8-14-20)15-28-22(17-5-3-2-4-6-17)21(24(30)27-28)26-23(29)18-9-11-19(25)12-10-18/h2-15,21-22H,1H3,(H-,26,27,29,30)/p+1/b28-15-/t21-,22+/m1/s1. The number of hydrogen-bond acceptors (Lipinski definition) is 3. The van der Waals surface area contributed by atoms with Gasteiger partial charge in [0.05, 0.1) is 7.11 Å². The molecule has 1 saturated heterocycles. The summed E-state index contributed by atoms with van der Waals surface area (Å²) >= 11 is 5.91. The largest absolute Gasteiger partial charge is 0.497 e. The van der Waals surface area contributed by atoms with E-state index in [2.05, 4.69) is 10.7 Å². The van der Waals surface area contributed by atoms with Gasteiger partial charge in [-0.3, -0.25) is 9.59 Å². The highest BCUT2D eigenvalue weighted by Gasteiger charge is 2.47. The number of hydrogen-bond donors (Lipinski definition) is 2. The Labute approximate surface area is 185 Å². The molecule has 0 radical (unpaired) electrons. The molecule has 1 fully saturated rings. The summed E-state index contributed by atoms with van der Waals surface area (Å²) in [6, 6.07) is 22.4. The molecule has 6 nitrogen and oxygen atoms in total. The smallest absolute Gasteiger partial charge is 0.304 e. The number of nitrogens with one attached hydrogen (secondary N) is 2. The average molecular weight is 435 g/mol. The molecule has 7 heteroatoms. The van der Waals surface area contributed by atoms with Crippen LogP contribution in [0.4, 0.5) is 0 Å². The predicted molar refractivity (Wildman–Crippen MR) is 118 cm³/mol. The number of benzene rings is 3. The highest BCUT2D eigenvalue weighted by atomic mass is 35.5. The zero-order valence-electron chi connectivity index (χ0n) is 16.8. The summed E-state index contributed by atoms with van der Waals surface area (Å²) in [5.74, 6) is 0.111. The highest BCUT2D eigenvalue weighted by Crippen LogP contribution is 2.25. The van der Waals surface area contributed by atoms with Crippen LogP contribution in [0.3, 0.4) is 0 Å². The summed E-state index contributed by atoms with van der Waals surface area (Å²) in [6.07, 6.45) is 1.84. The molecule has 0 aliphatic carbocycles. The van der Waals surface area contributed by atoms with Crippen LogP contribution in [0.1, 0.15) is 27.5 Å². The first-order valence-electron chi connectivity index (χ1n) is 9.74. The fourth-order valence-electron chi connectivity index (χ4n) is 3.51. The van der Waals surface area contributed by atoms with Gasteiger partial charge in [0.15, 0.2) is 6.04 Å². The summed E-state index contributed by atoms with van der Waals surface area (Å²) in [5, 5.41) is 3.41. The number of methoxy groups -OCH3 is 1. The van der Waals surface area contributed by atoms with E-state index in [9.17, 15) is 9.59 Å². The number of carbonyl (C=O) groups excluding carboxylic acids is 2. The van der Waals surface area contributed by atoms with E-state index in [1.165, 1.54) is 0 Å². The number of rotatable bonds is 5. The molecule has 1 aliphatic heterocycles. The molecule has 0 spiro atoms. The Kier molecular flexibility index (Phi) is 6.00. The van der Waals surface area contributed by atoms with Gasteiger partial charge in [0.25, 0.3) is 5.91 Å². The number of hydrazine groups is 1.